The van der Waals surface area contributed by atoms with Crippen molar-refractivity contribution in [1.29, 1.82) is 0 Å². The number of nitrogens with zero attached hydrogens (tertiary/aromatic N) is 3. The molecule has 1 aliphatic carbocycles. The van der Waals surface area contributed by atoms with E-state index in [0.717, 1.165) is 56.1 Å². The van der Waals surface area contributed by atoms with Crippen LogP contribution < -0.4 is 10.2 Å². The van der Waals surface area contributed by atoms with Crippen LogP contribution >= 0.6 is 0 Å². The minimum atomic E-state index is 0.164. The van der Waals surface area contributed by atoms with Crippen LogP contribution in [0.1, 0.15) is 56.5 Å². The number of amides is 1. The van der Waals surface area contributed by atoms with Crippen molar-refractivity contribution in [2.45, 2.75) is 64.8 Å². The highest BCUT2D eigenvalue weighted by Gasteiger charge is 2.27. The molecule has 5 nitrogen and oxygen atoms in total. The standard InChI is InChI=1S/C18H28N4O/c1-13-12-17(20-14(2)19-13)22-10-8-15(9-11-22)18(23)21-16-6-4-3-5-7-16/h12,15-16H,3-11H2,1-2H3,(H,21,23). The lowest BCUT2D eigenvalue weighted by atomic mass is 9.92. The highest BCUT2D eigenvalue weighted by Crippen LogP contribution is 2.24. The quantitative estimate of drug-likeness (QED) is 0.931. The number of aryl methyl sites for hydroxylation is 2. The van der Waals surface area contributed by atoms with Crippen molar-refractivity contribution in [2.75, 3.05) is 18.0 Å². The fourth-order valence-electron chi connectivity index (χ4n) is 3.80. The number of nitrogens with one attached hydrogen (secondary N) is 1. The zero-order valence-corrected chi connectivity index (χ0v) is 14.3. The molecule has 5 heteroatoms. The third-order valence-corrected chi connectivity index (χ3v) is 5.09. The number of rotatable bonds is 3. The normalized spacial score (nSPS) is 20.5. The Morgan fingerprint density at radius 1 is 1.09 bits per heavy atom. The summed E-state index contributed by atoms with van der Waals surface area (Å²) in [4.78, 5) is 23.6. The van der Waals surface area contributed by atoms with E-state index in [-0.39, 0.29) is 11.8 Å². The Kier molecular flexibility index (Phi) is 5.13. The second kappa shape index (κ2) is 7.28. The molecule has 3 rings (SSSR count). The van der Waals surface area contributed by atoms with Gasteiger partial charge in [0, 0.05) is 36.8 Å². The van der Waals surface area contributed by atoms with E-state index < -0.39 is 0 Å². The lowest BCUT2D eigenvalue weighted by molar-refractivity contribution is -0.126. The van der Waals surface area contributed by atoms with Gasteiger partial charge in [0.1, 0.15) is 11.6 Å². The molecule has 23 heavy (non-hydrogen) atoms. The first-order valence-corrected chi connectivity index (χ1v) is 8.99. The average Bonchev–Trinajstić information content (AvgIpc) is 2.55. The molecule has 0 radical (unpaired) electrons. The van der Waals surface area contributed by atoms with Gasteiger partial charge in [-0.25, -0.2) is 9.97 Å². The molecule has 0 aromatic carbocycles. The van der Waals surface area contributed by atoms with Gasteiger partial charge in [-0.1, -0.05) is 19.3 Å². The molecule has 0 unspecified atom stereocenters. The third kappa shape index (κ3) is 4.21. The molecule has 1 aromatic heterocycles. The molecule has 0 spiro atoms. The van der Waals surface area contributed by atoms with Gasteiger partial charge in [0.25, 0.3) is 0 Å². The first-order chi connectivity index (χ1) is 11.1. The Hall–Kier alpha value is -1.65. The predicted molar refractivity (Wildman–Crippen MR) is 91.5 cm³/mol. The van der Waals surface area contributed by atoms with Crippen LogP contribution in [-0.2, 0) is 4.79 Å². The molecule has 2 aliphatic rings. The van der Waals surface area contributed by atoms with E-state index in [0.29, 0.717) is 6.04 Å². The molecule has 0 bridgehead atoms. The van der Waals surface area contributed by atoms with Crippen molar-refractivity contribution in [2.24, 2.45) is 5.92 Å². The fourth-order valence-corrected chi connectivity index (χ4v) is 3.80. The molecule has 2 heterocycles. The maximum Gasteiger partial charge on any atom is 0.223 e. The monoisotopic (exact) mass is 316 g/mol. The van der Waals surface area contributed by atoms with Crippen LogP contribution in [0.15, 0.2) is 6.07 Å². The molecule has 2 fully saturated rings. The second-order valence-electron chi connectivity index (χ2n) is 7.02. The van der Waals surface area contributed by atoms with E-state index in [2.05, 4.69) is 20.2 Å². The number of anilines is 1. The van der Waals surface area contributed by atoms with Crippen LogP contribution in [0.2, 0.25) is 0 Å². The summed E-state index contributed by atoms with van der Waals surface area (Å²) in [6.07, 6.45) is 7.99. The summed E-state index contributed by atoms with van der Waals surface area (Å²) >= 11 is 0. The van der Waals surface area contributed by atoms with Gasteiger partial charge in [0.05, 0.1) is 0 Å². The van der Waals surface area contributed by atoms with Crippen LogP contribution in [0, 0.1) is 19.8 Å². The Bertz CT molecular complexity index is 526. The van der Waals surface area contributed by atoms with Crippen LogP contribution in [0.5, 0.6) is 0 Å². The van der Waals surface area contributed by atoms with E-state index in [9.17, 15) is 4.79 Å². The number of carbonyl (C=O) groups excluding carboxylic acids is 1. The van der Waals surface area contributed by atoms with Crippen molar-refractivity contribution in [3.05, 3.63) is 17.6 Å². The van der Waals surface area contributed by atoms with Gasteiger partial charge in [-0.15, -0.1) is 0 Å². The van der Waals surface area contributed by atoms with E-state index in [1.165, 1.54) is 19.3 Å². The maximum atomic E-state index is 12.5. The Balaban J connectivity index is 1.52. The van der Waals surface area contributed by atoms with E-state index >= 15 is 0 Å². The first-order valence-electron chi connectivity index (χ1n) is 8.99. The summed E-state index contributed by atoms with van der Waals surface area (Å²) in [6, 6.07) is 2.46. The number of hydrogen-bond acceptors (Lipinski definition) is 4. The average molecular weight is 316 g/mol. The summed E-state index contributed by atoms with van der Waals surface area (Å²) < 4.78 is 0. The fraction of sp³-hybridized carbons (Fsp3) is 0.722. The van der Waals surface area contributed by atoms with Gasteiger partial charge >= 0.3 is 0 Å². The van der Waals surface area contributed by atoms with Gasteiger partial charge in [0.2, 0.25) is 5.91 Å². The van der Waals surface area contributed by atoms with E-state index in [1.807, 2.05) is 19.9 Å². The zero-order chi connectivity index (χ0) is 16.2. The SMILES string of the molecule is Cc1cc(N2CCC(C(=O)NC3CCCCC3)CC2)nc(C)n1. The summed E-state index contributed by atoms with van der Waals surface area (Å²) in [7, 11) is 0. The first kappa shape index (κ1) is 16.2. The van der Waals surface area contributed by atoms with Gasteiger partial charge < -0.3 is 10.2 Å². The zero-order valence-electron chi connectivity index (χ0n) is 14.3. The smallest absolute Gasteiger partial charge is 0.223 e. The lowest BCUT2D eigenvalue weighted by Gasteiger charge is -2.33. The highest BCUT2D eigenvalue weighted by molar-refractivity contribution is 5.79. The summed E-state index contributed by atoms with van der Waals surface area (Å²) in [5.41, 5.74) is 1.00. The Labute approximate surface area is 138 Å². The van der Waals surface area contributed by atoms with Crippen molar-refractivity contribution in [3.8, 4) is 0 Å². The minimum absolute atomic E-state index is 0.164. The van der Waals surface area contributed by atoms with Crippen molar-refractivity contribution >= 4 is 11.7 Å². The van der Waals surface area contributed by atoms with Gasteiger partial charge in [-0.2, -0.15) is 0 Å². The molecular weight excluding hydrogens is 288 g/mol. The molecule has 1 saturated heterocycles. The molecule has 1 amide bonds. The molecule has 126 valence electrons. The molecule has 1 N–H and O–H groups in total. The summed E-state index contributed by atoms with van der Waals surface area (Å²) in [5, 5.41) is 3.28. The van der Waals surface area contributed by atoms with Gasteiger partial charge in [0.15, 0.2) is 0 Å². The van der Waals surface area contributed by atoms with Crippen LogP contribution in [-0.4, -0.2) is 35.0 Å². The molecule has 0 atom stereocenters. The van der Waals surface area contributed by atoms with Crippen molar-refractivity contribution in [3.63, 3.8) is 0 Å². The lowest BCUT2D eigenvalue weighted by Crippen LogP contribution is -2.44. The topological polar surface area (TPSA) is 58.1 Å². The second-order valence-corrected chi connectivity index (χ2v) is 7.02. The van der Waals surface area contributed by atoms with Crippen molar-refractivity contribution in [1.82, 2.24) is 15.3 Å². The summed E-state index contributed by atoms with van der Waals surface area (Å²) in [6.45, 7) is 5.74. The van der Waals surface area contributed by atoms with E-state index in [4.69, 9.17) is 0 Å². The maximum absolute atomic E-state index is 12.5. The van der Waals surface area contributed by atoms with Crippen LogP contribution in [0.3, 0.4) is 0 Å². The van der Waals surface area contributed by atoms with Crippen LogP contribution in [0.25, 0.3) is 0 Å². The van der Waals surface area contributed by atoms with Crippen molar-refractivity contribution < 1.29 is 4.79 Å². The number of hydrogen-bond donors (Lipinski definition) is 1. The minimum Gasteiger partial charge on any atom is -0.356 e. The van der Waals surface area contributed by atoms with Gasteiger partial charge in [-0.3, -0.25) is 4.79 Å². The Morgan fingerprint density at radius 3 is 2.43 bits per heavy atom. The van der Waals surface area contributed by atoms with E-state index in [1.54, 1.807) is 0 Å². The molecule has 1 aliphatic heterocycles. The van der Waals surface area contributed by atoms with Gasteiger partial charge in [-0.05, 0) is 39.5 Å². The largest absolute Gasteiger partial charge is 0.356 e. The third-order valence-electron chi connectivity index (χ3n) is 5.09. The summed E-state index contributed by atoms with van der Waals surface area (Å²) in [5.74, 6) is 2.25. The molecular formula is C18H28N4O. The predicted octanol–water partition coefficient (Wildman–Crippen LogP) is 2.76. The molecule has 1 aromatic rings. The number of carbonyl (C=O) groups is 1. The number of piperidine rings is 1. The number of aromatic nitrogens is 2. The Morgan fingerprint density at radius 2 is 1.78 bits per heavy atom. The highest BCUT2D eigenvalue weighted by atomic mass is 16.1. The molecule has 1 saturated carbocycles. The van der Waals surface area contributed by atoms with Crippen LogP contribution in [0.4, 0.5) is 5.82 Å².